The van der Waals surface area contributed by atoms with Crippen LogP contribution in [0.3, 0.4) is 0 Å². The molecule has 14 heavy (non-hydrogen) atoms. The van der Waals surface area contributed by atoms with Gasteiger partial charge in [-0.25, -0.2) is 0 Å². The molecule has 5 heteroatoms. The molecule has 1 aliphatic rings. The Hall–Kier alpha value is -1.24. The molecule has 0 aromatic rings. The van der Waals surface area contributed by atoms with Gasteiger partial charge < -0.3 is 5.11 Å². The molecule has 0 bridgehead atoms. The molecule has 0 N–H and O–H groups in total. The van der Waals surface area contributed by atoms with E-state index in [-0.39, 0.29) is 17.1 Å². The number of allylic oxidation sites excluding steroid dienone is 5. The van der Waals surface area contributed by atoms with E-state index in [0.717, 1.165) is 11.8 Å². The molecule has 0 fully saturated rings. The SMILES string of the molecule is [C-]#[O+].[C-]#[O+].[C-]#[O+].[Mn].[O-]C=C1C=CC=C1. The maximum atomic E-state index is 9.87. The molecule has 1 aliphatic carbocycles. The molecule has 0 aromatic carbocycles. The first-order valence-corrected chi connectivity index (χ1v) is 2.71. The summed E-state index contributed by atoms with van der Waals surface area (Å²) in [6, 6.07) is 0. The van der Waals surface area contributed by atoms with Crippen molar-refractivity contribution in [3.8, 4) is 0 Å². The van der Waals surface area contributed by atoms with Gasteiger partial charge in [0.25, 0.3) is 0 Å². The van der Waals surface area contributed by atoms with E-state index in [4.69, 9.17) is 14.0 Å². The quantitative estimate of drug-likeness (QED) is 0.255. The minimum Gasteiger partial charge on any atom is -0.877 e. The zero-order chi connectivity index (χ0) is 11.1. The largest absolute Gasteiger partial charge is 0.877 e. The fourth-order valence-electron chi connectivity index (χ4n) is 0.467. The van der Waals surface area contributed by atoms with Gasteiger partial charge in [-0.1, -0.05) is 24.3 Å². The molecule has 0 aromatic heterocycles. The Morgan fingerprint density at radius 3 is 1.36 bits per heavy atom. The molecule has 4 nitrogen and oxygen atoms in total. The molecule has 0 saturated carbocycles. The Kier molecular flexibility index (Phi) is 48.9. The first kappa shape index (κ1) is 23.0. The summed E-state index contributed by atoms with van der Waals surface area (Å²) in [7, 11) is 0. The summed E-state index contributed by atoms with van der Waals surface area (Å²) >= 11 is 0. The van der Waals surface area contributed by atoms with Gasteiger partial charge in [0.05, 0.1) is 0 Å². The van der Waals surface area contributed by atoms with Gasteiger partial charge in [-0.3, -0.25) is 0 Å². The van der Waals surface area contributed by atoms with Gasteiger partial charge in [0.1, 0.15) is 0 Å². The smallest absolute Gasteiger partial charge is 0 e. The van der Waals surface area contributed by atoms with Crippen LogP contribution in [-0.2, 0) is 31.0 Å². The summed E-state index contributed by atoms with van der Waals surface area (Å²) in [5, 5.41) is 9.87. The molecule has 73 valence electrons. The zero-order valence-electron chi connectivity index (χ0n) is 6.90. The van der Waals surface area contributed by atoms with Gasteiger partial charge >= 0.3 is 33.9 Å². The molecule has 0 atom stereocenters. The molecule has 0 spiro atoms. The van der Waals surface area contributed by atoms with Gasteiger partial charge in [-0.05, 0) is 5.57 Å². The van der Waals surface area contributed by atoms with Crippen molar-refractivity contribution in [2.24, 2.45) is 0 Å². The van der Waals surface area contributed by atoms with Gasteiger partial charge in [-0.15, -0.1) is 6.26 Å². The van der Waals surface area contributed by atoms with E-state index in [9.17, 15) is 5.11 Å². The first-order chi connectivity index (χ1) is 6.43. The van der Waals surface area contributed by atoms with E-state index in [1.807, 2.05) is 12.2 Å². The van der Waals surface area contributed by atoms with Crippen molar-refractivity contribution in [3.05, 3.63) is 56.1 Å². The monoisotopic (exact) mass is 232 g/mol. The summed E-state index contributed by atoms with van der Waals surface area (Å²) in [4.78, 5) is 0. The van der Waals surface area contributed by atoms with Gasteiger partial charge in [0.2, 0.25) is 0 Å². The van der Waals surface area contributed by atoms with Gasteiger partial charge in [0.15, 0.2) is 0 Å². The second kappa shape index (κ2) is 29.8. The van der Waals surface area contributed by atoms with Crippen molar-refractivity contribution >= 4 is 0 Å². The predicted octanol–water partition coefficient (Wildman–Crippen LogP) is 0.242. The van der Waals surface area contributed by atoms with Crippen LogP contribution in [0.4, 0.5) is 0 Å². The van der Waals surface area contributed by atoms with Gasteiger partial charge in [-0.2, -0.15) is 0 Å². The molecule has 1 radical (unpaired) electrons. The van der Waals surface area contributed by atoms with E-state index < -0.39 is 0 Å². The minimum absolute atomic E-state index is 0. The van der Waals surface area contributed by atoms with E-state index >= 15 is 0 Å². The molecule has 1 rings (SSSR count). The molecule has 0 aliphatic heterocycles. The topological polar surface area (TPSA) is 82.8 Å². The second-order valence-corrected chi connectivity index (χ2v) is 1.34. The van der Waals surface area contributed by atoms with Crippen LogP contribution in [-0.4, -0.2) is 0 Å². The zero-order valence-corrected chi connectivity index (χ0v) is 8.08. The van der Waals surface area contributed by atoms with Crippen molar-refractivity contribution in [1.82, 2.24) is 0 Å². The average Bonchev–Trinajstić information content (AvgIpc) is 2.79. The van der Waals surface area contributed by atoms with Crippen molar-refractivity contribution in [1.29, 1.82) is 0 Å². The molecule has 0 heterocycles. The number of hydrogen-bond donors (Lipinski definition) is 0. The van der Waals surface area contributed by atoms with Crippen LogP contribution in [0.2, 0.25) is 0 Å². The number of hydrogen-bond acceptors (Lipinski definition) is 1. The Morgan fingerprint density at radius 2 is 1.21 bits per heavy atom. The minimum atomic E-state index is 0. The van der Waals surface area contributed by atoms with Crippen LogP contribution in [0.5, 0.6) is 0 Å². The normalized spacial score (nSPS) is 8.29. The summed E-state index contributed by atoms with van der Waals surface area (Å²) in [6.07, 6.45) is 8.05. The van der Waals surface area contributed by atoms with Crippen LogP contribution in [0.25, 0.3) is 0 Å². The second-order valence-electron chi connectivity index (χ2n) is 1.34. The third-order valence-electron chi connectivity index (χ3n) is 0.825. The first-order valence-electron chi connectivity index (χ1n) is 2.71. The van der Waals surface area contributed by atoms with Crippen LogP contribution < -0.4 is 5.11 Å². The summed E-state index contributed by atoms with van der Waals surface area (Å²) in [6.45, 7) is 13.5. The van der Waals surface area contributed by atoms with E-state index in [0.29, 0.717) is 0 Å². The Morgan fingerprint density at radius 1 is 0.929 bits per heavy atom. The molecule has 0 amide bonds. The molecular weight excluding hydrogens is 227 g/mol. The number of rotatable bonds is 0. The standard InChI is InChI=1S/C6H6O.3CO.Mn/c7-5-6-3-1-2-4-6;3*1-2;/h1-5,7H;;;;/p-1. The summed E-state index contributed by atoms with van der Waals surface area (Å²) < 4.78 is 22.5. The van der Waals surface area contributed by atoms with Crippen LogP contribution in [0.15, 0.2) is 36.1 Å². The van der Waals surface area contributed by atoms with Crippen molar-refractivity contribution in [2.45, 2.75) is 0 Å². The van der Waals surface area contributed by atoms with Crippen molar-refractivity contribution < 1.29 is 36.1 Å². The fourth-order valence-corrected chi connectivity index (χ4v) is 0.467. The van der Waals surface area contributed by atoms with Gasteiger partial charge in [0, 0.05) is 17.1 Å². The fraction of sp³-hybridized carbons (Fsp3) is 0. The maximum Gasteiger partial charge on any atom is 0 e. The van der Waals surface area contributed by atoms with Crippen molar-refractivity contribution in [2.75, 3.05) is 0 Å². The summed E-state index contributed by atoms with van der Waals surface area (Å²) in [5.74, 6) is 0. The Labute approximate surface area is 92.6 Å². The molecule has 0 saturated heterocycles. The maximum absolute atomic E-state index is 9.87. The molecule has 0 unspecified atom stereocenters. The Bertz CT molecular complexity index is 217. The third-order valence-corrected chi connectivity index (χ3v) is 0.825. The van der Waals surface area contributed by atoms with Crippen LogP contribution in [0.1, 0.15) is 0 Å². The van der Waals surface area contributed by atoms with Crippen molar-refractivity contribution in [3.63, 3.8) is 0 Å². The Balaban J connectivity index is -0.0000000625. The summed E-state index contributed by atoms with van der Waals surface area (Å²) in [5.41, 5.74) is 0.750. The average molecular weight is 232 g/mol. The van der Waals surface area contributed by atoms with Crippen LogP contribution >= 0.6 is 0 Å². The molecular formula is C9H5MnO4-. The van der Waals surface area contributed by atoms with E-state index in [2.05, 4.69) is 20.0 Å². The van der Waals surface area contributed by atoms with Crippen LogP contribution in [0, 0.1) is 20.0 Å². The van der Waals surface area contributed by atoms with E-state index in [1.165, 1.54) is 0 Å². The predicted molar refractivity (Wildman–Crippen MR) is 38.2 cm³/mol. The third kappa shape index (κ3) is 17.0. The van der Waals surface area contributed by atoms with E-state index in [1.54, 1.807) is 12.2 Å².